The lowest BCUT2D eigenvalue weighted by Crippen LogP contribution is -2.44. The van der Waals surface area contributed by atoms with Gasteiger partial charge in [0.25, 0.3) is 0 Å². The van der Waals surface area contributed by atoms with Crippen molar-refractivity contribution < 1.29 is 4.79 Å². The van der Waals surface area contributed by atoms with Crippen molar-refractivity contribution in [1.82, 2.24) is 14.5 Å². The van der Waals surface area contributed by atoms with E-state index in [9.17, 15) is 14.4 Å². The molecule has 6 nitrogen and oxygen atoms in total. The highest BCUT2D eigenvalue weighted by atomic mass is 16.2. The molecular weight excluding hydrogens is 342 g/mol. The van der Waals surface area contributed by atoms with Crippen molar-refractivity contribution >= 4 is 16.9 Å². The number of carbonyl (C=O) groups excluding carboxylic acids is 1. The lowest BCUT2D eigenvalue weighted by Gasteiger charge is -2.15. The fraction of sp³-hybridized carbons (Fsp3) is 0.286. The average molecular weight is 365 g/mol. The number of carbonyl (C=O) groups is 1. The van der Waals surface area contributed by atoms with Crippen molar-refractivity contribution in [2.45, 2.75) is 32.9 Å². The number of amides is 1. The van der Waals surface area contributed by atoms with Gasteiger partial charge in [0.2, 0.25) is 5.91 Å². The minimum Gasteiger partial charge on any atom is -0.354 e. The Hall–Kier alpha value is -3.15. The topological polar surface area (TPSA) is 73.1 Å². The first-order valence-corrected chi connectivity index (χ1v) is 9.07. The van der Waals surface area contributed by atoms with Gasteiger partial charge in [0.15, 0.2) is 0 Å². The summed E-state index contributed by atoms with van der Waals surface area (Å²) in [5, 5.41) is 2.86. The van der Waals surface area contributed by atoms with Crippen molar-refractivity contribution in [3.63, 3.8) is 0 Å². The highest BCUT2D eigenvalue weighted by Crippen LogP contribution is 2.13. The van der Waals surface area contributed by atoms with Gasteiger partial charge in [-0.1, -0.05) is 49.4 Å². The summed E-state index contributed by atoms with van der Waals surface area (Å²) in [5.41, 5.74) is 1.07. The zero-order chi connectivity index (χ0) is 19.4. The molecule has 0 radical (unpaired) electrons. The lowest BCUT2D eigenvalue weighted by molar-refractivity contribution is -0.121. The van der Waals surface area contributed by atoms with Gasteiger partial charge >= 0.3 is 11.1 Å². The number of fused-ring (bicyclic) bond motifs is 1. The van der Waals surface area contributed by atoms with Crippen molar-refractivity contribution in [3.05, 3.63) is 80.9 Å². The number of hydrogen-bond donors (Lipinski definition) is 1. The first kappa shape index (κ1) is 18.6. The number of nitrogens with one attached hydrogen (secondary N) is 1. The highest BCUT2D eigenvalue weighted by Gasteiger charge is 2.15. The Labute approximate surface area is 157 Å². The molecule has 2 aromatic carbocycles. The molecule has 0 saturated carbocycles. The first-order chi connectivity index (χ1) is 13.0. The molecular formula is C21H23N3O3. The van der Waals surface area contributed by atoms with E-state index in [4.69, 9.17) is 0 Å². The van der Waals surface area contributed by atoms with Crippen molar-refractivity contribution in [2.75, 3.05) is 6.54 Å². The minimum absolute atomic E-state index is 0.150. The molecule has 140 valence electrons. The van der Waals surface area contributed by atoms with E-state index in [2.05, 4.69) is 5.32 Å². The van der Waals surface area contributed by atoms with Gasteiger partial charge in [0.1, 0.15) is 6.54 Å². The van der Waals surface area contributed by atoms with Crippen LogP contribution in [0.25, 0.3) is 11.0 Å². The maximum atomic E-state index is 12.5. The number of benzene rings is 2. The number of hydrogen-bond acceptors (Lipinski definition) is 3. The summed E-state index contributed by atoms with van der Waals surface area (Å²) in [6.45, 7) is 4.52. The molecule has 1 heterocycles. The fourth-order valence-corrected chi connectivity index (χ4v) is 3.21. The molecule has 0 saturated heterocycles. The third kappa shape index (κ3) is 3.84. The van der Waals surface area contributed by atoms with E-state index in [1.807, 2.05) is 50.2 Å². The van der Waals surface area contributed by atoms with Gasteiger partial charge in [-0.25, -0.2) is 0 Å². The predicted octanol–water partition coefficient (Wildman–Crippen LogP) is 2.10. The van der Waals surface area contributed by atoms with E-state index in [1.165, 1.54) is 9.13 Å². The molecule has 0 aliphatic rings. The third-order valence-corrected chi connectivity index (χ3v) is 4.73. The van der Waals surface area contributed by atoms with E-state index < -0.39 is 11.1 Å². The smallest absolute Gasteiger partial charge is 0.317 e. The number of para-hydroxylation sites is 2. The molecule has 3 rings (SSSR count). The van der Waals surface area contributed by atoms with E-state index >= 15 is 0 Å². The van der Waals surface area contributed by atoms with E-state index in [0.29, 0.717) is 24.1 Å². The fourth-order valence-electron chi connectivity index (χ4n) is 3.21. The Morgan fingerprint density at radius 3 is 2.11 bits per heavy atom. The summed E-state index contributed by atoms with van der Waals surface area (Å²) in [7, 11) is 0. The zero-order valence-corrected chi connectivity index (χ0v) is 15.5. The number of aromatic nitrogens is 2. The largest absolute Gasteiger partial charge is 0.354 e. The molecule has 3 aromatic rings. The van der Waals surface area contributed by atoms with Crippen LogP contribution in [0, 0.1) is 0 Å². The van der Waals surface area contributed by atoms with Gasteiger partial charge in [-0.2, -0.15) is 0 Å². The van der Waals surface area contributed by atoms with Gasteiger partial charge in [-0.3, -0.25) is 19.0 Å². The molecule has 1 N–H and O–H groups in total. The van der Waals surface area contributed by atoms with Crippen molar-refractivity contribution in [2.24, 2.45) is 0 Å². The van der Waals surface area contributed by atoms with Gasteiger partial charge in [-0.05, 0) is 30.5 Å². The standard InChI is InChI=1S/C21H23N3O3/c1-3-23-17-11-7-8-12-18(17)24(21(27)20(23)26)14-19(25)22-13-15(2)16-9-5-4-6-10-16/h4-12,15H,3,13-14H2,1-2H3,(H,22,25)/t15-/m0/s1. The maximum Gasteiger partial charge on any atom is 0.317 e. The molecule has 0 fully saturated rings. The summed E-state index contributed by atoms with van der Waals surface area (Å²) in [6.07, 6.45) is 0. The second-order valence-corrected chi connectivity index (χ2v) is 6.55. The molecule has 27 heavy (non-hydrogen) atoms. The summed E-state index contributed by atoms with van der Waals surface area (Å²) in [6, 6.07) is 17.0. The Morgan fingerprint density at radius 1 is 0.926 bits per heavy atom. The number of nitrogens with zero attached hydrogens (tertiary/aromatic N) is 2. The van der Waals surface area contributed by atoms with Crippen LogP contribution in [-0.2, 0) is 17.9 Å². The highest BCUT2D eigenvalue weighted by molar-refractivity contribution is 5.80. The van der Waals surface area contributed by atoms with Crippen LogP contribution in [-0.4, -0.2) is 21.6 Å². The number of rotatable bonds is 6. The van der Waals surface area contributed by atoms with Crippen LogP contribution in [0.4, 0.5) is 0 Å². The Morgan fingerprint density at radius 2 is 1.48 bits per heavy atom. The minimum atomic E-state index is -0.679. The predicted molar refractivity (Wildman–Crippen MR) is 106 cm³/mol. The van der Waals surface area contributed by atoms with E-state index in [1.54, 1.807) is 18.2 Å². The van der Waals surface area contributed by atoms with Crippen LogP contribution >= 0.6 is 0 Å². The van der Waals surface area contributed by atoms with Gasteiger partial charge < -0.3 is 9.88 Å². The normalized spacial score (nSPS) is 12.1. The average Bonchev–Trinajstić information content (AvgIpc) is 2.70. The molecule has 1 amide bonds. The SMILES string of the molecule is CCn1c(=O)c(=O)n(CC(=O)NC[C@H](C)c2ccccc2)c2ccccc21. The summed E-state index contributed by atoms with van der Waals surface area (Å²) < 4.78 is 2.69. The van der Waals surface area contributed by atoms with E-state index in [-0.39, 0.29) is 18.4 Å². The number of aryl methyl sites for hydroxylation is 1. The zero-order valence-electron chi connectivity index (χ0n) is 15.5. The molecule has 0 spiro atoms. The molecule has 0 aliphatic heterocycles. The monoisotopic (exact) mass is 365 g/mol. The Bertz CT molecular complexity index is 1070. The summed E-state index contributed by atoms with van der Waals surface area (Å²) in [4.78, 5) is 37.3. The van der Waals surface area contributed by atoms with Crippen LogP contribution in [0.3, 0.4) is 0 Å². The summed E-state index contributed by atoms with van der Waals surface area (Å²) in [5.74, 6) is -0.143. The van der Waals surface area contributed by atoms with E-state index in [0.717, 1.165) is 5.56 Å². The van der Waals surface area contributed by atoms with Crippen molar-refractivity contribution in [3.8, 4) is 0 Å². The van der Waals surface area contributed by atoms with Crippen LogP contribution in [0.15, 0.2) is 64.2 Å². The Kier molecular flexibility index (Phi) is 5.54. The molecule has 0 bridgehead atoms. The molecule has 0 aliphatic carbocycles. The first-order valence-electron chi connectivity index (χ1n) is 9.07. The van der Waals surface area contributed by atoms with Gasteiger partial charge in [0.05, 0.1) is 11.0 Å². The van der Waals surface area contributed by atoms with Crippen molar-refractivity contribution in [1.29, 1.82) is 0 Å². The third-order valence-electron chi connectivity index (χ3n) is 4.73. The second-order valence-electron chi connectivity index (χ2n) is 6.55. The van der Waals surface area contributed by atoms with Gasteiger partial charge in [0, 0.05) is 13.1 Å². The van der Waals surface area contributed by atoms with Crippen LogP contribution in [0.2, 0.25) is 0 Å². The molecule has 0 unspecified atom stereocenters. The van der Waals surface area contributed by atoms with Crippen LogP contribution in [0.5, 0.6) is 0 Å². The van der Waals surface area contributed by atoms with Crippen LogP contribution in [0.1, 0.15) is 25.3 Å². The van der Waals surface area contributed by atoms with Gasteiger partial charge in [-0.15, -0.1) is 0 Å². The Balaban J connectivity index is 1.82. The quantitative estimate of drug-likeness (QED) is 0.680. The maximum absolute atomic E-state index is 12.5. The molecule has 1 aromatic heterocycles. The molecule has 1 atom stereocenters. The molecule has 6 heteroatoms. The lowest BCUT2D eigenvalue weighted by atomic mass is 10.0. The van der Waals surface area contributed by atoms with Crippen LogP contribution < -0.4 is 16.4 Å². The summed E-state index contributed by atoms with van der Waals surface area (Å²) >= 11 is 0. The second kappa shape index (κ2) is 8.03.